The molecule has 2 aliphatic rings. The molecule has 1 unspecified atom stereocenters. The maximum absolute atomic E-state index is 14.6. The number of hydrogen-bond acceptors (Lipinski definition) is 4. The zero-order valence-corrected chi connectivity index (χ0v) is 23.0. The number of sulfone groups is 1. The smallest absolute Gasteiger partial charge is 0.342 e. The molecular weight excluding hydrogens is 608 g/mol. The first kappa shape index (κ1) is 30.9. The predicted molar refractivity (Wildman–Crippen MR) is 138 cm³/mol. The SMILES string of the molecule is O=C([C@H]1C[C@@](c2ccc(C(F)(C(F)(F)F)C(F)(F)F)cc2)(S(=O)(=O)c2ccc(F)cc2)C1)N1CCC(c2cccnc2)C1. The number of benzene rings is 2. The molecule has 1 aliphatic heterocycles. The van der Waals surface area contributed by atoms with Crippen molar-refractivity contribution in [3.05, 3.63) is 95.6 Å². The van der Waals surface area contributed by atoms with Gasteiger partial charge in [-0.2, -0.15) is 26.3 Å². The van der Waals surface area contributed by atoms with Crippen LogP contribution in [0.4, 0.5) is 35.1 Å². The summed E-state index contributed by atoms with van der Waals surface area (Å²) in [4.78, 5) is 18.7. The third-order valence-electron chi connectivity index (χ3n) is 8.39. The molecule has 5 rings (SSSR count). The summed E-state index contributed by atoms with van der Waals surface area (Å²) >= 11 is 0. The van der Waals surface area contributed by atoms with Crippen LogP contribution in [0.1, 0.15) is 41.9 Å². The van der Waals surface area contributed by atoms with Crippen molar-refractivity contribution in [3.8, 4) is 0 Å². The van der Waals surface area contributed by atoms with Gasteiger partial charge >= 0.3 is 18.0 Å². The van der Waals surface area contributed by atoms with Gasteiger partial charge in [-0.05, 0) is 60.7 Å². The molecule has 0 N–H and O–H groups in total. The van der Waals surface area contributed by atoms with Gasteiger partial charge in [0.1, 0.15) is 10.6 Å². The van der Waals surface area contributed by atoms with Gasteiger partial charge in [0, 0.05) is 42.9 Å². The Morgan fingerprint density at radius 2 is 1.49 bits per heavy atom. The largest absolute Gasteiger partial charge is 0.435 e. The number of carbonyl (C=O) groups is 1. The van der Waals surface area contributed by atoms with E-state index in [2.05, 4.69) is 4.98 Å². The van der Waals surface area contributed by atoms with Gasteiger partial charge in [-0.3, -0.25) is 9.78 Å². The van der Waals surface area contributed by atoms with Crippen LogP contribution >= 0.6 is 0 Å². The van der Waals surface area contributed by atoms with Crippen LogP contribution in [0.5, 0.6) is 0 Å². The molecule has 2 heterocycles. The molecule has 1 amide bonds. The summed E-state index contributed by atoms with van der Waals surface area (Å²) in [5.41, 5.74) is -6.75. The molecule has 2 aromatic carbocycles. The average Bonchev–Trinajstić information content (AvgIpc) is 3.42. The topological polar surface area (TPSA) is 67.3 Å². The highest BCUT2D eigenvalue weighted by Gasteiger charge is 2.73. The van der Waals surface area contributed by atoms with Gasteiger partial charge in [0.05, 0.1) is 4.90 Å². The van der Waals surface area contributed by atoms with Gasteiger partial charge in [0.25, 0.3) is 0 Å². The van der Waals surface area contributed by atoms with E-state index in [0.717, 1.165) is 29.8 Å². The Labute approximate surface area is 241 Å². The van der Waals surface area contributed by atoms with Crippen molar-refractivity contribution in [2.24, 2.45) is 5.92 Å². The van der Waals surface area contributed by atoms with Crippen LogP contribution in [-0.4, -0.2) is 49.7 Å². The molecular formula is C29H24F8N2O3S. The van der Waals surface area contributed by atoms with Crippen molar-refractivity contribution >= 4 is 15.7 Å². The first-order valence-electron chi connectivity index (χ1n) is 13.1. The summed E-state index contributed by atoms with van der Waals surface area (Å²) in [5.74, 6) is -1.89. The van der Waals surface area contributed by atoms with Crippen LogP contribution in [0.3, 0.4) is 0 Å². The molecule has 2 fully saturated rings. The number of alkyl halides is 7. The maximum atomic E-state index is 14.6. The highest BCUT2D eigenvalue weighted by atomic mass is 32.2. The van der Waals surface area contributed by atoms with Gasteiger partial charge in [-0.25, -0.2) is 17.2 Å². The summed E-state index contributed by atoms with van der Waals surface area (Å²) in [7, 11) is -4.47. The molecule has 1 atom stereocenters. The standard InChI is InChI=1S/C29H24F8N2O3S/c30-23-7-9-24(10-8-23)43(41,42)26(21-3-5-22(6-4-21)27(31,28(32,33)34)29(35,36)37)14-20(15-26)25(40)39-13-11-19(17-39)18-2-1-12-38-16-18/h1-10,12,16,19-20H,11,13-15,17H2/t19?,20-,26+. The van der Waals surface area contributed by atoms with E-state index in [1.165, 1.54) is 0 Å². The van der Waals surface area contributed by atoms with E-state index >= 15 is 0 Å². The minimum atomic E-state index is -6.35. The molecule has 230 valence electrons. The molecule has 1 saturated heterocycles. The second kappa shape index (κ2) is 10.6. The van der Waals surface area contributed by atoms with E-state index in [1.54, 1.807) is 23.4 Å². The Morgan fingerprint density at radius 1 is 0.884 bits per heavy atom. The minimum Gasteiger partial charge on any atom is -0.342 e. The lowest BCUT2D eigenvalue weighted by Gasteiger charge is -2.47. The molecule has 1 saturated carbocycles. The van der Waals surface area contributed by atoms with Crippen LogP contribution in [-0.2, 0) is 25.0 Å². The Kier molecular flexibility index (Phi) is 7.59. The predicted octanol–water partition coefficient (Wildman–Crippen LogP) is 6.61. The Hall–Kier alpha value is -3.55. The number of hydrogen-bond donors (Lipinski definition) is 0. The Bertz CT molecular complexity index is 1570. The minimum absolute atomic E-state index is 0.0150. The highest BCUT2D eigenvalue weighted by molar-refractivity contribution is 7.92. The first-order chi connectivity index (χ1) is 20.0. The van der Waals surface area contributed by atoms with Crippen LogP contribution < -0.4 is 0 Å². The van der Waals surface area contributed by atoms with Crippen LogP contribution in [0.2, 0.25) is 0 Å². The number of nitrogens with zero attached hydrogens (tertiary/aromatic N) is 2. The number of halogens is 8. The van der Waals surface area contributed by atoms with Gasteiger partial charge in [0.2, 0.25) is 5.91 Å². The number of aromatic nitrogens is 1. The van der Waals surface area contributed by atoms with Gasteiger partial charge < -0.3 is 4.90 Å². The van der Waals surface area contributed by atoms with Crippen LogP contribution in [0.25, 0.3) is 0 Å². The number of amides is 1. The van der Waals surface area contributed by atoms with E-state index in [1.807, 2.05) is 6.07 Å². The monoisotopic (exact) mass is 632 g/mol. The molecule has 0 bridgehead atoms. The summed E-state index contributed by atoms with van der Waals surface area (Å²) in [6.07, 6.45) is -9.41. The van der Waals surface area contributed by atoms with Crippen molar-refractivity contribution in [3.63, 3.8) is 0 Å². The van der Waals surface area contributed by atoms with E-state index in [-0.39, 0.29) is 47.3 Å². The summed E-state index contributed by atoms with van der Waals surface area (Å²) in [6, 6.07) is 9.30. The van der Waals surface area contributed by atoms with E-state index in [0.29, 0.717) is 31.6 Å². The first-order valence-corrected chi connectivity index (χ1v) is 14.6. The lowest BCUT2D eigenvalue weighted by molar-refractivity contribution is -0.348. The maximum Gasteiger partial charge on any atom is 0.435 e. The Balaban J connectivity index is 1.47. The molecule has 5 nitrogen and oxygen atoms in total. The number of rotatable bonds is 6. The molecule has 14 heteroatoms. The number of pyridine rings is 1. The zero-order valence-electron chi connectivity index (χ0n) is 22.2. The molecule has 1 aliphatic carbocycles. The fourth-order valence-electron chi connectivity index (χ4n) is 5.96. The lowest BCUT2D eigenvalue weighted by atomic mass is 9.69. The average molecular weight is 633 g/mol. The summed E-state index contributed by atoms with van der Waals surface area (Å²) in [5, 5.41) is 0. The van der Waals surface area contributed by atoms with Gasteiger partial charge in [0.15, 0.2) is 9.84 Å². The van der Waals surface area contributed by atoms with Crippen molar-refractivity contribution in [2.45, 2.75) is 52.8 Å². The summed E-state index contributed by atoms with van der Waals surface area (Å²) in [6.45, 7) is 0.760. The van der Waals surface area contributed by atoms with Crippen molar-refractivity contribution < 1.29 is 48.3 Å². The second-order valence-corrected chi connectivity index (χ2v) is 13.1. The van der Waals surface area contributed by atoms with E-state index in [4.69, 9.17) is 0 Å². The molecule has 43 heavy (non-hydrogen) atoms. The summed E-state index contributed by atoms with van der Waals surface area (Å²) < 4.78 is 134. The number of carbonyl (C=O) groups excluding carboxylic acids is 1. The second-order valence-electron chi connectivity index (χ2n) is 10.8. The quantitative estimate of drug-likeness (QED) is 0.227. The van der Waals surface area contributed by atoms with Crippen molar-refractivity contribution in [1.29, 1.82) is 0 Å². The van der Waals surface area contributed by atoms with E-state index in [9.17, 15) is 48.3 Å². The van der Waals surface area contributed by atoms with Crippen LogP contribution in [0, 0.1) is 11.7 Å². The normalized spacial score (nSPS) is 23.2. The molecule has 0 radical (unpaired) electrons. The highest BCUT2D eigenvalue weighted by Crippen LogP contribution is 2.57. The fourth-order valence-corrected chi connectivity index (χ4v) is 8.19. The number of likely N-dealkylation sites (tertiary alicyclic amines) is 1. The van der Waals surface area contributed by atoms with E-state index < -0.39 is 49.9 Å². The zero-order chi connectivity index (χ0) is 31.4. The van der Waals surface area contributed by atoms with Crippen molar-refractivity contribution in [1.82, 2.24) is 9.88 Å². The van der Waals surface area contributed by atoms with Crippen LogP contribution in [0.15, 0.2) is 78.0 Å². The molecule has 1 aromatic heterocycles. The van der Waals surface area contributed by atoms with Gasteiger partial charge in [-0.15, -0.1) is 0 Å². The third kappa shape index (κ3) is 5.06. The Morgan fingerprint density at radius 3 is 2.02 bits per heavy atom. The lowest BCUT2D eigenvalue weighted by Crippen LogP contribution is -2.53. The molecule has 0 spiro atoms. The molecule has 3 aromatic rings. The van der Waals surface area contributed by atoms with Gasteiger partial charge in [-0.1, -0.05) is 30.3 Å². The third-order valence-corrected chi connectivity index (χ3v) is 10.9. The van der Waals surface area contributed by atoms with Crippen molar-refractivity contribution in [2.75, 3.05) is 13.1 Å². The fraction of sp³-hybridized carbons (Fsp3) is 0.379.